The molecule has 0 aliphatic rings. The fourth-order valence-electron chi connectivity index (χ4n) is 1.04. The molecule has 1 heterocycles. The summed E-state index contributed by atoms with van der Waals surface area (Å²) in [4.78, 5) is 8.10. The van der Waals surface area contributed by atoms with Gasteiger partial charge in [0.15, 0.2) is 0 Å². The lowest BCUT2D eigenvalue weighted by Crippen LogP contribution is -2.17. The first-order chi connectivity index (χ1) is 7.38. The fourth-order valence-corrected chi connectivity index (χ4v) is 1.04. The van der Waals surface area contributed by atoms with Crippen molar-refractivity contribution in [1.82, 2.24) is 9.97 Å². The standard InChI is InChI=1S/C10H13F3N2O/c1-7(2)9-14-4-3-8(15-9)5-16-6-10(11,12)13/h3-4,7H,5-6H2,1-2H3. The van der Waals surface area contributed by atoms with Crippen LogP contribution in [-0.2, 0) is 11.3 Å². The van der Waals surface area contributed by atoms with Crippen LogP contribution >= 0.6 is 0 Å². The number of rotatable bonds is 4. The van der Waals surface area contributed by atoms with Crippen molar-refractivity contribution in [2.45, 2.75) is 32.5 Å². The van der Waals surface area contributed by atoms with Crippen molar-refractivity contribution >= 4 is 0 Å². The molecule has 0 bridgehead atoms. The smallest absolute Gasteiger partial charge is 0.366 e. The topological polar surface area (TPSA) is 35.0 Å². The van der Waals surface area contributed by atoms with E-state index in [1.165, 1.54) is 6.20 Å². The molecule has 0 radical (unpaired) electrons. The van der Waals surface area contributed by atoms with Gasteiger partial charge in [-0.1, -0.05) is 13.8 Å². The number of halogens is 3. The summed E-state index contributed by atoms with van der Waals surface area (Å²) < 4.78 is 39.9. The van der Waals surface area contributed by atoms with Crippen molar-refractivity contribution in [3.05, 3.63) is 23.8 Å². The predicted molar refractivity (Wildman–Crippen MR) is 51.8 cm³/mol. The molecule has 1 aromatic rings. The molecule has 0 amide bonds. The Balaban J connectivity index is 2.51. The van der Waals surface area contributed by atoms with Crippen LogP contribution in [0, 0.1) is 0 Å². The van der Waals surface area contributed by atoms with Gasteiger partial charge in [0.1, 0.15) is 12.4 Å². The molecule has 0 saturated carbocycles. The minimum Gasteiger partial charge on any atom is -0.366 e. The van der Waals surface area contributed by atoms with Crippen molar-refractivity contribution in [2.75, 3.05) is 6.61 Å². The van der Waals surface area contributed by atoms with Gasteiger partial charge in [-0.3, -0.25) is 0 Å². The van der Waals surface area contributed by atoms with E-state index in [0.717, 1.165) is 0 Å². The van der Waals surface area contributed by atoms with Gasteiger partial charge in [-0.25, -0.2) is 9.97 Å². The minimum absolute atomic E-state index is 0.141. The van der Waals surface area contributed by atoms with E-state index in [1.807, 2.05) is 13.8 Å². The predicted octanol–water partition coefficient (Wildman–Crippen LogP) is 2.68. The Kier molecular flexibility index (Phi) is 4.23. The Morgan fingerprint density at radius 2 is 2.06 bits per heavy atom. The van der Waals surface area contributed by atoms with E-state index >= 15 is 0 Å². The third-order valence-corrected chi connectivity index (χ3v) is 1.76. The quantitative estimate of drug-likeness (QED) is 0.803. The van der Waals surface area contributed by atoms with Crippen LogP contribution in [0.4, 0.5) is 13.2 Å². The number of ether oxygens (including phenoxy) is 1. The maximum Gasteiger partial charge on any atom is 0.411 e. The van der Waals surface area contributed by atoms with Gasteiger partial charge in [0, 0.05) is 12.1 Å². The highest BCUT2D eigenvalue weighted by Gasteiger charge is 2.27. The van der Waals surface area contributed by atoms with Crippen LogP contribution in [0.5, 0.6) is 0 Å². The number of hydrogen-bond acceptors (Lipinski definition) is 3. The van der Waals surface area contributed by atoms with Crippen LogP contribution in [0.1, 0.15) is 31.3 Å². The highest BCUT2D eigenvalue weighted by Crippen LogP contribution is 2.15. The Labute approximate surface area is 91.7 Å². The monoisotopic (exact) mass is 234 g/mol. The summed E-state index contributed by atoms with van der Waals surface area (Å²) in [6.07, 6.45) is -2.78. The number of alkyl halides is 3. The molecular formula is C10H13F3N2O. The summed E-state index contributed by atoms with van der Waals surface area (Å²) in [7, 11) is 0. The Hall–Kier alpha value is -1.17. The van der Waals surface area contributed by atoms with E-state index in [4.69, 9.17) is 0 Å². The lowest BCUT2D eigenvalue weighted by atomic mass is 10.2. The second-order valence-electron chi connectivity index (χ2n) is 3.67. The van der Waals surface area contributed by atoms with Gasteiger partial charge in [-0.15, -0.1) is 0 Å². The molecule has 90 valence electrons. The second kappa shape index (κ2) is 5.25. The highest BCUT2D eigenvalue weighted by molar-refractivity contribution is 5.03. The van der Waals surface area contributed by atoms with E-state index in [2.05, 4.69) is 14.7 Å². The van der Waals surface area contributed by atoms with E-state index in [-0.39, 0.29) is 12.5 Å². The maximum atomic E-state index is 11.8. The third-order valence-electron chi connectivity index (χ3n) is 1.76. The SMILES string of the molecule is CC(C)c1nccc(COCC(F)(F)F)n1. The normalized spacial score (nSPS) is 12.1. The molecule has 0 aliphatic carbocycles. The van der Waals surface area contributed by atoms with E-state index in [9.17, 15) is 13.2 Å². The molecule has 1 aromatic heterocycles. The van der Waals surface area contributed by atoms with Crippen molar-refractivity contribution in [3.63, 3.8) is 0 Å². The molecule has 0 saturated heterocycles. The van der Waals surface area contributed by atoms with E-state index in [1.54, 1.807) is 6.07 Å². The third kappa shape index (κ3) is 4.57. The van der Waals surface area contributed by atoms with Gasteiger partial charge in [0.05, 0.1) is 12.3 Å². The van der Waals surface area contributed by atoms with Gasteiger partial charge in [0.25, 0.3) is 0 Å². The fraction of sp³-hybridized carbons (Fsp3) is 0.600. The van der Waals surface area contributed by atoms with Crippen LogP contribution in [-0.4, -0.2) is 22.8 Å². The average Bonchev–Trinajstić information content (AvgIpc) is 2.16. The number of nitrogens with zero attached hydrogens (tertiary/aromatic N) is 2. The first kappa shape index (κ1) is 12.9. The Bertz CT molecular complexity index is 339. The summed E-state index contributed by atoms with van der Waals surface area (Å²) in [5, 5.41) is 0. The highest BCUT2D eigenvalue weighted by atomic mass is 19.4. The van der Waals surface area contributed by atoms with Gasteiger partial charge in [0.2, 0.25) is 0 Å². The Morgan fingerprint density at radius 3 is 2.62 bits per heavy atom. The van der Waals surface area contributed by atoms with Crippen molar-refractivity contribution in [1.29, 1.82) is 0 Å². The molecule has 0 N–H and O–H groups in total. The van der Waals surface area contributed by atoms with Crippen LogP contribution in [0.15, 0.2) is 12.3 Å². The van der Waals surface area contributed by atoms with Crippen molar-refractivity contribution < 1.29 is 17.9 Å². The van der Waals surface area contributed by atoms with Crippen LogP contribution in [0.3, 0.4) is 0 Å². The first-order valence-corrected chi connectivity index (χ1v) is 4.85. The zero-order chi connectivity index (χ0) is 12.2. The molecule has 0 aliphatic heterocycles. The first-order valence-electron chi connectivity index (χ1n) is 4.85. The maximum absolute atomic E-state index is 11.8. The molecule has 1 rings (SSSR count). The summed E-state index contributed by atoms with van der Waals surface area (Å²) in [5.74, 6) is 0.746. The van der Waals surface area contributed by atoms with Crippen molar-refractivity contribution in [2.24, 2.45) is 0 Å². The van der Waals surface area contributed by atoms with E-state index in [0.29, 0.717) is 11.5 Å². The summed E-state index contributed by atoms with van der Waals surface area (Å²) >= 11 is 0. The molecule has 0 aromatic carbocycles. The van der Waals surface area contributed by atoms with Gasteiger partial charge < -0.3 is 4.74 Å². The summed E-state index contributed by atoms with van der Waals surface area (Å²) in [5.41, 5.74) is 0.461. The molecule has 16 heavy (non-hydrogen) atoms. The number of aromatic nitrogens is 2. The van der Waals surface area contributed by atoms with Gasteiger partial charge in [-0.2, -0.15) is 13.2 Å². The molecule has 3 nitrogen and oxygen atoms in total. The molecule has 0 spiro atoms. The van der Waals surface area contributed by atoms with Gasteiger partial charge in [-0.05, 0) is 6.07 Å². The zero-order valence-corrected chi connectivity index (χ0v) is 9.08. The summed E-state index contributed by atoms with van der Waals surface area (Å²) in [6, 6.07) is 1.54. The average molecular weight is 234 g/mol. The lowest BCUT2D eigenvalue weighted by Gasteiger charge is -2.08. The molecular weight excluding hydrogens is 221 g/mol. The molecule has 0 unspecified atom stereocenters. The summed E-state index contributed by atoms with van der Waals surface area (Å²) in [6.45, 7) is 2.42. The van der Waals surface area contributed by atoms with Crippen LogP contribution in [0.2, 0.25) is 0 Å². The van der Waals surface area contributed by atoms with Crippen molar-refractivity contribution in [3.8, 4) is 0 Å². The largest absolute Gasteiger partial charge is 0.411 e. The Morgan fingerprint density at radius 1 is 1.38 bits per heavy atom. The van der Waals surface area contributed by atoms with E-state index < -0.39 is 12.8 Å². The number of hydrogen-bond donors (Lipinski definition) is 0. The minimum atomic E-state index is -4.30. The van der Waals surface area contributed by atoms with Crippen LogP contribution in [0.25, 0.3) is 0 Å². The van der Waals surface area contributed by atoms with Crippen LogP contribution < -0.4 is 0 Å². The zero-order valence-electron chi connectivity index (χ0n) is 9.08. The molecule has 0 atom stereocenters. The lowest BCUT2D eigenvalue weighted by molar-refractivity contribution is -0.176. The van der Waals surface area contributed by atoms with Gasteiger partial charge >= 0.3 is 6.18 Å². The molecule has 6 heteroatoms. The molecule has 0 fully saturated rings. The second-order valence-corrected chi connectivity index (χ2v) is 3.67.